The molecule has 0 bridgehead atoms. The fourth-order valence-electron chi connectivity index (χ4n) is 2.89. The molecule has 2 aliphatic heterocycles. The minimum absolute atomic E-state index is 0.0807. The van der Waals surface area contributed by atoms with Gasteiger partial charge in [-0.15, -0.1) is 0 Å². The largest absolute Gasteiger partial charge is 0.396 e. The summed E-state index contributed by atoms with van der Waals surface area (Å²) in [6.45, 7) is 2.62. The average Bonchev–Trinajstić information content (AvgIpc) is 2.58. The Morgan fingerprint density at radius 1 is 1.35 bits per heavy atom. The van der Waals surface area contributed by atoms with E-state index in [4.69, 9.17) is 5.11 Å². The van der Waals surface area contributed by atoms with Crippen molar-refractivity contribution in [2.45, 2.75) is 38.6 Å². The van der Waals surface area contributed by atoms with Gasteiger partial charge >= 0.3 is 0 Å². The topological polar surface area (TPSA) is 81.2 Å². The van der Waals surface area contributed by atoms with Crippen molar-refractivity contribution in [2.24, 2.45) is 0 Å². The highest BCUT2D eigenvalue weighted by Gasteiger charge is 2.38. The number of carbonyl (C=O) groups is 3. The third-order valence-electron chi connectivity index (χ3n) is 3.84. The number of hydrazine groups is 1. The number of aliphatic hydroxyl groups excluding tert-OH is 1. The molecule has 7 nitrogen and oxygen atoms in total. The van der Waals surface area contributed by atoms with Gasteiger partial charge in [0.15, 0.2) is 0 Å². The van der Waals surface area contributed by atoms with Crippen molar-refractivity contribution in [3.8, 4) is 0 Å². The van der Waals surface area contributed by atoms with Crippen LogP contribution in [-0.4, -0.2) is 70.0 Å². The fraction of sp³-hybridized carbons (Fsp3) is 0.769. The van der Waals surface area contributed by atoms with Crippen LogP contribution in [0.1, 0.15) is 32.6 Å². The summed E-state index contributed by atoms with van der Waals surface area (Å²) in [6.07, 6.45) is 1.92. The van der Waals surface area contributed by atoms with Gasteiger partial charge in [-0.2, -0.15) is 0 Å². The number of amides is 3. The van der Waals surface area contributed by atoms with Crippen LogP contribution < -0.4 is 0 Å². The van der Waals surface area contributed by atoms with Gasteiger partial charge in [-0.05, 0) is 12.8 Å². The Bertz CT molecular complexity index is 412. The summed E-state index contributed by atoms with van der Waals surface area (Å²) in [7, 11) is 0. The molecular formula is C13H21N3O4. The van der Waals surface area contributed by atoms with Crippen LogP contribution >= 0.6 is 0 Å². The molecule has 7 heteroatoms. The standard InChI is InChI=1S/C13H21N3O4/c1-10(18)15-6-2-3-11-9-14(12(19)5-8-17)7-4-13(20)16(11)15/h11,17H,2-9H2,1H3. The second kappa shape index (κ2) is 6.21. The van der Waals surface area contributed by atoms with E-state index in [0.29, 0.717) is 19.6 Å². The number of nitrogens with zero attached hydrogens (tertiary/aromatic N) is 3. The predicted molar refractivity (Wildman–Crippen MR) is 70.2 cm³/mol. The molecular weight excluding hydrogens is 262 g/mol. The summed E-state index contributed by atoms with van der Waals surface area (Å²) in [5.41, 5.74) is 0. The normalized spacial score (nSPS) is 23.4. The summed E-state index contributed by atoms with van der Waals surface area (Å²) in [5.74, 6) is -0.385. The zero-order valence-electron chi connectivity index (χ0n) is 11.7. The Labute approximate surface area is 118 Å². The summed E-state index contributed by atoms with van der Waals surface area (Å²) in [4.78, 5) is 37.4. The van der Waals surface area contributed by atoms with E-state index in [0.717, 1.165) is 12.8 Å². The highest BCUT2D eigenvalue weighted by Crippen LogP contribution is 2.23. The molecule has 0 saturated carbocycles. The number of aliphatic hydroxyl groups is 1. The summed E-state index contributed by atoms with van der Waals surface area (Å²) in [5, 5.41) is 11.9. The fourth-order valence-corrected chi connectivity index (χ4v) is 2.89. The first-order chi connectivity index (χ1) is 9.54. The summed E-state index contributed by atoms with van der Waals surface area (Å²) >= 11 is 0. The second-order valence-corrected chi connectivity index (χ2v) is 5.24. The lowest BCUT2D eigenvalue weighted by atomic mass is 10.1. The number of carbonyl (C=O) groups excluding carboxylic acids is 3. The molecule has 0 radical (unpaired) electrons. The van der Waals surface area contributed by atoms with Crippen molar-refractivity contribution in [3.05, 3.63) is 0 Å². The minimum Gasteiger partial charge on any atom is -0.396 e. The first kappa shape index (κ1) is 14.8. The Morgan fingerprint density at radius 2 is 2.10 bits per heavy atom. The highest BCUT2D eigenvalue weighted by atomic mass is 16.3. The zero-order valence-corrected chi connectivity index (χ0v) is 11.7. The van der Waals surface area contributed by atoms with Gasteiger partial charge in [0, 0.05) is 39.4 Å². The first-order valence-corrected chi connectivity index (χ1v) is 7.03. The average molecular weight is 283 g/mol. The Balaban J connectivity index is 2.15. The zero-order chi connectivity index (χ0) is 14.7. The Kier molecular flexibility index (Phi) is 4.59. The summed E-state index contributed by atoms with van der Waals surface area (Å²) in [6, 6.07) is -0.134. The molecule has 2 fully saturated rings. The van der Waals surface area contributed by atoms with Gasteiger partial charge in [-0.1, -0.05) is 0 Å². The predicted octanol–water partition coefficient (Wildman–Crippen LogP) is -0.644. The minimum atomic E-state index is -0.183. The van der Waals surface area contributed by atoms with Crippen LogP contribution in [0.5, 0.6) is 0 Å². The van der Waals surface area contributed by atoms with Gasteiger partial charge in [-0.25, -0.2) is 5.01 Å². The number of fused-ring (bicyclic) bond motifs is 1. The van der Waals surface area contributed by atoms with Crippen LogP contribution in [0, 0.1) is 0 Å². The molecule has 112 valence electrons. The molecule has 1 atom stereocenters. The molecule has 0 aliphatic carbocycles. The molecule has 1 N–H and O–H groups in total. The van der Waals surface area contributed by atoms with Crippen LogP contribution in [0.2, 0.25) is 0 Å². The van der Waals surface area contributed by atoms with Gasteiger partial charge in [0.25, 0.3) is 0 Å². The quantitative estimate of drug-likeness (QED) is 0.730. The Morgan fingerprint density at radius 3 is 2.75 bits per heavy atom. The van der Waals surface area contributed by atoms with Crippen molar-refractivity contribution in [2.75, 3.05) is 26.2 Å². The van der Waals surface area contributed by atoms with Gasteiger partial charge in [0.2, 0.25) is 17.7 Å². The van der Waals surface area contributed by atoms with Crippen LogP contribution in [0.25, 0.3) is 0 Å². The molecule has 0 aromatic rings. The van der Waals surface area contributed by atoms with E-state index in [2.05, 4.69) is 0 Å². The third kappa shape index (κ3) is 2.92. The summed E-state index contributed by atoms with van der Waals surface area (Å²) < 4.78 is 0. The monoisotopic (exact) mass is 283 g/mol. The van der Waals surface area contributed by atoms with Crippen molar-refractivity contribution in [1.29, 1.82) is 0 Å². The molecule has 2 saturated heterocycles. The van der Waals surface area contributed by atoms with E-state index in [9.17, 15) is 14.4 Å². The maximum atomic E-state index is 12.2. The first-order valence-electron chi connectivity index (χ1n) is 7.03. The molecule has 20 heavy (non-hydrogen) atoms. The third-order valence-corrected chi connectivity index (χ3v) is 3.84. The molecule has 2 heterocycles. The van der Waals surface area contributed by atoms with Crippen LogP contribution in [0.4, 0.5) is 0 Å². The number of hydrogen-bond acceptors (Lipinski definition) is 4. The van der Waals surface area contributed by atoms with E-state index in [1.165, 1.54) is 16.9 Å². The van der Waals surface area contributed by atoms with Crippen molar-refractivity contribution in [3.63, 3.8) is 0 Å². The maximum absolute atomic E-state index is 12.2. The Hall–Kier alpha value is -1.63. The van der Waals surface area contributed by atoms with E-state index >= 15 is 0 Å². The maximum Gasteiger partial charge on any atom is 0.243 e. The van der Waals surface area contributed by atoms with E-state index < -0.39 is 0 Å². The van der Waals surface area contributed by atoms with Crippen molar-refractivity contribution >= 4 is 17.7 Å². The molecule has 1 unspecified atom stereocenters. The molecule has 0 spiro atoms. The lowest BCUT2D eigenvalue weighted by Gasteiger charge is -2.43. The molecule has 3 amide bonds. The second-order valence-electron chi connectivity index (χ2n) is 5.24. The molecule has 2 aliphatic rings. The van der Waals surface area contributed by atoms with Gasteiger partial charge in [0.05, 0.1) is 12.6 Å². The lowest BCUT2D eigenvalue weighted by molar-refractivity contribution is -0.172. The number of hydrogen-bond donors (Lipinski definition) is 1. The molecule has 0 aromatic carbocycles. The van der Waals surface area contributed by atoms with E-state index in [1.54, 1.807) is 4.90 Å². The smallest absolute Gasteiger partial charge is 0.243 e. The van der Waals surface area contributed by atoms with Gasteiger partial charge in [0.1, 0.15) is 0 Å². The van der Waals surface area contributed by atoms with Crippen LogP contribution in [0.15, 0.2) is 0 Å². The van der Waals surface area contributed by atoms with Crippen LogP contribution in [0.3, 0.4) is 0 Å². The van der Waals surface area contributed by atoms with Crippen molar-refractivity contribution in [1.82, 2.24) is 14.9 Å². The SMILES string of the molecule is CC(=O)N1CCCC2CN(C(=O)CCO)CCC(=O)N21. The van der Waals surface area contributed by atoms with Gasteiger partial charge in [-0.3, -0.25) is 19.4 Å². The van der Waals surface area contributed by atoms with Gasteiger partial charge < -0.3 is 10.0 Å². The molecule has 0 aromatic heterocycles. The lowest BCUT2D eigenvalue weighted by Crippen LogP contribution is -2.58. The highest BCUT2D eigenvalue weighted by molar-refractivity contribution is 5.83. The number of rotatable bonds is 2. The van der Waals surface area contributed by atoms with E-state index in [-0.39, 0.29) is 43.2 Å². The van der Waals surface area contributed by atoms with E-state index in [1.807, 2.05) is 0 Å². The molecule has 2 rings (SSSR count). The van der Waals surface area contributed by atoms with Crippen LogP contribution in [-0.2, 0) is 14.4 Å². The van der Waals surface area contributed by atoms with Crippen molar-refractivity contribution < 1.29 is 19.5 Å².